The topological polar surface area (TPSA) is 51.7 Å². The molecule has 4 rings (SSSR count). The lowest BCUT2D eigenvalue weighted by Crippen LogP contribution is -2.67. The van der Waals surface area contributed by atoms with E-state index in [1.54, 1.807) is 12.4 Å². The highest BCUT2D eigenvalue weighted by atomic mass is 32.2. The molecule has 6 heteroatoms. The van der Waals surface area contributed by atoms with E-state index in [0.29, 0.717) is 18.4 Å². The number of hydrogen-bond acceptors (Lipinski definition) is 5. The third-order valence-corrected chi connectivity index (χ3v) is 6.53. The molecule has 24 heavy (non-hydrogen) atoms. The molecule has 3 aliphatic rings. The van der Waals surface area contributed by atoms with Gasteiger partial charge >= 0.3 is 0 Å². The maximum absolute atomic E-state index is 12.6. The summed E-state index contributed by atoms with van der Waals surface area (Å²) in [7, 11) is 0. The maximum Gasteiger partial charge on any atom is 0.225 e. The van der Waals surface area contributed by atoms with Gasteiger partial charge in [0.15, 0.2) is 0 Å². The van der Waals surface area contributed by atoms with Crippen LogP contribution in [0.2, 0.25) is 0 Å². The Balaban J connectivity index is 1.31. The van der Waals surface area contributed by atoms with E-state index in [2.05, 4.69) is 4.98 Å². The summed E-state index contributed by atoms with van der Waals surface area (Å²) in [5.41, 5.74) is -0.179. The zero-order valence-corrected chi connectivity index (χ0v) is 14.7. The smallest absolute Gasteiger partial charge is 0.225 e. The molecule has 0 bridgehead atoms. The fraction of sp³-hybridized carbons (Fsp3) is 0.667. The molecule has 1 aromatic rings. The van der Waals surface area contributed by atoms with E-state index in [1.807, 2.05) is 28.8 Å². The fourth-order valence-electron chi connectivity index (χ4n) is 3.96. The number of carbonyl (C=O) groups is 1. The first kappa shape index (κ1) is 16.2. The van der Waals surface area contributed by atoms with Crippen molar-refractivity contribution < 1.29 is 14.3 Å². The lowest BCUT2D eigenvalue weighted by molar-refractivity contribution is -0.170. The molecule has 0 aliphatic carbocycles. The minimum Gasteiger partial charge on any atom is -0.492 e. The fourth-order valence-corrected chi connectivity index (χ4v) is 5.06. The zero-order chi connectivity index (χ0) is 16.4. The lowest BCUT2D eigenvalue weighted by Gasteiger charge is -2.51. The van der Waals surface area contributed by atoms with Crippen molar-refractivity contribution in [2.75, 3.05) is 37.8 Å². The van der Waals surface area contributed by atoms with Gasteiger partial charge in [0.1, 0.15) is 11.4 Å². The van der Waals surface area contributed by atoms with Crippen LogP contribution in [0.4, 0.5) is 0 Å². The van der Waals surface area contributed by atoms with Gasteiger partial charge in [-0.3, -0.25) is 9.78 Å². The van der Waals surface area contributed by atoms with Crippen LogP contribution < -0.4 is 4.74 Å². The number of nitrogens with zero attached hydrogens (tertiary/aromatic N) is 2. The molecule has 0 radical (unpaired) electrons. The highest BCUT2D eigenvalue weighted by Crippen LogP contribution is 2.41. The van der Waals surface area contributed by atoms with Crippen LogP contribution in [0, 0.1) is 11.8 Å². The number of rotatable bonds is 4. The van der Waals surface area contributed by atoms with Gasteiger partial charge in [-0.15, -0.1) is 0 Å². The molecule has 1 atom stereocenters. The van der Waals surface area contributed by atoms with Crippen molar-refractivity contribution in [1.29, 1.82) is 0 Å². The van der Waals surface area contributed by atoms with Gasteiger partial charge < -0.3 is 14.4 Å². The molecule has 5 nitrogen and oxygen atoms in total. The van der Waals surface area contributed by atoms with Crippen LogP contribution in [0.25, 0.3) is 0 Å². The second-order valence-electron chi connectivity index (χ2n) is 6.98. The maximum atomic E-state index is 12.6. The molecule has 3 saturated heterocycles. The first-order valence-corrected chi connectivity index (χ1v) is 9.96. The van der Waals surface area contributed by atoms with E-state index in [9.17, 15) is 4.79 Å². The third-order valence-electron chi connectivity index (χ3n) is 5.48. The normalized spacial score (nSPS) is 26.3. The molecular formula is C18H24N2O3S. The Hall–Kier alpha value is -1.27. The second-order valence-corrected chi connectivity index (χ2v) is 8.20. The van der Waals surface area contributed by atoms with Crippen LogP contribution in [-0.2, 0) is 9.53 Å². The van der Waals surface area contributed by atoms with Gasteiger partial charge in [0.2, 0.25) is 5.91 Å². The number of thioether (sulfide) groups is 1. The number of aromatic nitrogens is 1. The summed E-state index contributed by atoms with van der Waals surface area (Å²) in [5.74, 6) is 3.95. The van der Waals surface area contributed by atoms with Crippen molar-refractivity contribution in [3.8, 4) is 5.75 Å². The average molecular weight is 348 g/mol. The van der Waals surface area contributed by atoms with Crippen LogP contribution >= 0.6 is 11.8 Å². The quantitative estimate of drug-likeness (QED) is 0.835. The highest BCUT2D eigenvalue weighted by Gasteiger charge is 2.55. The summed E-state index contributed by atoms with van der Waals surface area (Å²) in [4.78, 5) is 18.7. The Morgan fingerprint density at radius 2 is 2.21 bits per heavy atom. The summed E-state index contributed by atoms with van der Waals surface area (Å²) in [6.45, 7) is 2.87. The predicted octanol–water partition coefficient (Wildman–Crippen LogP) is 2.22. The van der Waals surface area contributed by atoms with Gasteiger partial charge in [0.25, 0.3) is 0 Å². The Bertz CT molecular complexity index is 571. The first-order chi connectivity index (χ1) is 11.8. The standard InChI is InChI=1S/C18H24N2O3S/c21-17(14-4-8-24-9-5-14)20-12-18(13-20)15(3-7-23-18)11-22-16-2-1-6-19-10-16/h1-2,6,10,14-15H,3-5,7-9,11-13H2. The monoisotopic (exact) mass is 348 g/mol. The Labute approximate surface area is 147 Å². The number of hydrogen-bond donors (Lipinski definition) is 0. The number of pyridine rings is 1. The van der Waals surface area contributed by atoms with Crippen molar-refractivity contribution in [3.05, 3.63) is 24.5 Å². The summed E-state index contributed by atoms with van der Waals surface area (Å²) < 4.78 is 11.9. The van der Waals surface area contributed by atoms with E-state index in [1.165, 1.54) is 0 Å². The summed E-state index contributed by atoms with van der Waals surface area (Å²) in [6.07, 6.45) is 6.54. The highest BCUT2D eigenvalue weighted by molar-refractivity contribution is 7.99. The molecular weight excluding hydrogens is 324 g/mol. The minimum absolute atomic E-state index is 0.179. The number of ether oxygens (including phenoxy) is 2. The molecule has 1 unspecified atom stereocenters. The van der Waals surface area contributed by atoms with Gasteiger partial charge in [-0.25, -0.2) is 0 Å². The zero-order valence-electron chi connectivity index (χ0n) is 13.9. The molecule has 0 N–H and O–H groups in total. The SMILES string of the molecule is O=C(C1CCSCC1)N1CC2(C1)OCCC2COc1cccnc1. The largest absolute Gasteiger partial charge is 0.492 e. The number of amides is 1. The third kappa shape index (κ3) is 3.14. The number of likely N-dealkylation sites (tertiary alicyclic amines) is 1. The summed E-state index contributed by atoms with van der Waals surface area (Å²) in [5, 5.41) is 0. The van der Waals surface area contributed by atoms with Crippen LogP contribution in [0.1, 0.15) is 19.3 Å². The van der Waals surface area contributed by atoms with Gasteiger partial charge in [-0.05, 0) is 42.9 Å². The van der Waals surface area contributed by atoms with Crippen molar-refractivity contribution in [2.45, 2.75) is 24.9 Å². The molecule has 0 saturated carbocycles. The van der Waals surface area contributed by atoms with Gasteiger partial charge in [-0.2, -0.15) is 11.8 Å². The minimum atomic E-state index is -0.179. The van der Waals surface area contributed by atoms with E-state index in [4.69, 9.17) is 9.47 Å². The van der Waals surface area contributed by atoms with Crippen LogP contribution in [0.3, 0.4) is 0 Å². The predicted molar refractivity (Wildman–Crippen MR) is 93.2 cm³/mol. The van der Waals surface area contributed by atoms with Crippen molar-refractivity contribution in [3.63, 3.8) is 0 Å². The molecule has 4 heterocycles. The van der Waals surface area contributed by atoms with Crippen molar-refractivity contribution >= 4 is 17.7 Å². The van der Waals surface area contributed by atoms with E-state index in [-0.39, 0.29) is 11.5 Å². The molecule has 1 amide bonds. The van der Waals surface area contributed by atoms with Crippen LogP contribution in [0.5, 0.6) is 5.75 Å². The molecule has 1 spiro atoms. The van der Waals surface area contributed by atoms with E-state index >= 15 is 0 Å². The molecule has 3 fully saturated rings. The molecule has 3 aliphatic heterocycles. The summed E-state index contributed by atoms with van der Waals surface area (Å²) >= 11 is 1.96. The van der Waals surface area contributed by atoms with Crippen LogP contribution in [-0.4, -0.2) is 59.2 Å². The van der Waals surface area contributed by atoms with Crippen molar-refractivity contribution in [2.24, 2.45) is 11.8 Å². The van der Waals surface area contributed by atoms with Crippen LogP contribution in [0.15, 0.2) is 24.5 Å². The lowest BCUT2D eigenvalue weighted by atomic mass is 9.80. The van der Waals surface area contributed by atoms with E-state index < -0.39 is 0 Å². The molecule has 1 aromatic heterocycles. The Morgan fingerprint density at radius 3 is 2.96 bits per heavy atom. The molecule has 0 aromatic carbocycles. The first-order valence-electron chi connectivity index (χ1n) is 8.80. The second kappa shape index (κ2) is 6.92. The van der Waals surface area contributed by atoms with E-state index in [0.717, 1.165) is 56.2 Å². The molecule has 130 valence electrons. The van der Waals surface area contributed by atoms with Gasteiger partial charge in [-0.1, -0.05) is 0 Å². The Morgan fingerprint density at radius 1 is 1.38 bits per heavy atom. The average Bonchev–Trinajstić information content (AvgIpc) is 3.04. The van der Waals surface area contributed by atoms with Crippen molar-refractivity contribution in [1.82, 2.24) is 9.88 Å². The van der Waals surface area contributed by atoms with Gasteiger partial charge in [0, 0.05) is 24.6 Å². The number of carbonyl (C=O) groups excluding carboxylic acids is 1. The summed E-state index contributed by atoms with van der Waals surface area (Å²) in [6, 6.07) is 3.80. The Kier molecular flexibility index (Phi) is 4.68. The van der Waals surface area contributed by atoms with Gasteiger partial charge in [0.05, 0.1) is 25.9 Å².